The van der Waals surface area contributed by atoms with Gasteiger partial charge in [0.1, 0.15) is 6.61 Å². The molecule has 2 aliphatic rings. The Morgan fingerprint density at radius 2 is 1.83 bits per heavy atom. The Kier molecular flexibility index (Phi) is 5.33. The smallest absolute Gasteiger partial charge is 0.338 e. The van der Waals surface area contributed by atoms with Crippen LogP contribution in [0, 0.1) is 0 Å². The molecule has 154 valence electrons. The molecule has 8 heteroatoms. The third kappa shape index (κ3) is 3.81. The van der Waals surface area contributed by atoms with Crippen molar-refractivity contribution in [2.45, 2.75) is 25.9 Å². The molecule has 1 N–H and O–H groups in total. The fourth-order valence-electron chi connectivity index (χ4n) is 3.53. The molecule has 0 spiro atoms. The number of benzene rings is 2. The van der Waals surface area contributed by atoms with Crippen LogP contribution in [0.1, 0.15) is 50.8 Å². The number of carbonyl (C=O) groups excluding carboxylic acids is 4. The second-order valence-corrected chi connectivity index (χ2v) is 7.17. The summed E-state index contributed by atoms with van der Waals surface area (Å²) >= 11 is 0. The minimum Gasteiger partial charge on any atom is -0.459 e. The number of hydrogen-bond donors (Lipinski definition) is 1. The molecule has 0 radical (unpaired) electrons. The first kappa shape index (κ1) is 19.8. The van der Waals surface area contributed by atoms with Crippen LogP contribution < -0.4 is 10.2 Å². The summed E-state index contributed by atoms with van der Waals surface area (Å²) in [6.07, 6.45) is 1.70. The molecule has 1 atom stereocenters. The van der Waals surface area contributed by atoms with E-state index in [1.807, 2.05) is 0 Å². The molecule has 8 nitrogen and oxygen atoms in total. The Bertz CT molecular complexity index is 1020. The molecule has 2 aromatic carbocycles. The van der Waals surface area contributed by atoms with Crippen molar-refractivity contribution in [2.75, 3.05) is 23.4 Å². The Balaban J connectivity index is 1.51. The highest BCUT2D eigenvalue weighted by atomic mass is 16.6. The summed E-state index contributed by atoms with van der Waals surface area (Å²) in [5.74, 6) is -1.77. The van der Waals surface area contributed by atoms with E-state index >= 15 is 0 Å². The van der Waals surface area contributed by atoms with E-state index in [9.17, 15) is 19.2 Å². The number of ether oxygens (including phenoxy) is 2. The van der Waals surface area contributed by atoms with Gasteiger partial charge >= 0.3 is 5.97 Å². The molecule has 2 heterocycles. The summed E-state index contributed by atoms with van der Waals surface area (Å²) in [6, 6.07) is 10.7. The average molecular weight is 408 g/mol. The quantitative estimate of drug-likeness (QED) is 0.603. The Hall–Kier alpha value is -3.52. The van der Waals surface area contributed by atoms with E-state index in [0.29, 0.717) is 18.0 Å². The number of anilines is 2. The van der Waals surface area contributed by atoms with Crippen molar-refractivity contribution < 1.29 is 28.7 Å². The molecule has 0 aliphatic carbocycles. The van der Waals surface area contributed by atoms with Crippen molar-refractivity contribution in [3.05, 3.63) is 59.2 Å². The van der Waals surface area contributed by atoms with Crippen molar-refractivity contribution in [3.63, 3.8) is 0 Å². The van der Waals surface area contributed by atoms with Gasteiger partial charge in [0.05, 0.1) is 28.5 Å². The van der Waals surface area contributed by atoms with Gasteiger partial charge in [0, 0.05) is 19.2 Å². The van der Waals surface area contributed by atoms with E-state index in [1.165, 1.54) is 25.1 Å². The van der Waals surface area contributed by atoms with Gasteiger partial charge in [-0.2, -0.15) is 0 Å². The van der Waals surface area contributed by atoms with Crippen LogP contribution in [-0.4, -0.2) is 43.0 Å². The standard InChI is InChI=1S/C22H20N2O6/c1-13(25)23-15-5-7-16(8-6-15)24-20(26)18-9-4-14(11-19(18)21(24)27)22(28)30-12-17-3-2-10-29-17/h4-9,11,17H,2-3,10,12H2,1H3,(H,23,25). The van der Waals surface area contributed by atoms with Gasteiger partial charge in [-0.15, -0.1) is 0 Å². The lowest BCUT2D eigenvalue weighted by Crippen LogP contribution is -2.29. The monoisotopic (exact) mass is 408 g/mol. The van der Waals surface area contributed by atoms with Crippen LogP contribution in [0.4, 0.5) is 11.4 Å². The van der Waals surface area contributed by atoms with Gasteiger partial charge in [-0.05, 0) is 55.3 Å². The predicted octanol–water partition coefficient (Wildman–Crippen LogP) is 2.78. The summed E-state index contributed by atoms with van der Waals surface area (Å²) in [5.41, 5.74) is 1.51. The molecular weight excluding hydrogens is 388 g/mol. The Morgan fingerprint density at radius 1 is 1.10 bits per heavy atom. The van der Waals surface area contributed by atoms with Crippen molar-refractivity contribution in [1.29, 1.82) is 0 Å². The minimum absolute atomic E-state index is 0.0949. The summed E-state index contributed by atoms with van der Waals surface area (Å²) in [7, 11) is 0. The van der Waals surface area contributed by atoms with Gasteiger partial charge in [-0.1, -0.05) is 0 Å². The fraction of sp³-hybridized carbons (Fsp3) is 0.273. The molecule has 30 heavy (non-hydrogen) atoms. The highest BCUT2D eigenvalue weighted by Gasteiger charge is 2.37. The van der Waals surface area contributed by atoms with E-state index < -0.39 is 17.8 Å². The van der Waals surface area contributed by atoms with Crippen LogP contribution in [0.2, 0.25) is 0 Å². The van der Waals surface area contributed by atoms with Crippen LogP contribution in [0.15, 0.2) is 42.5 Å². The number of amides is 3. The number of fused-ring (bicyclic) bond motifs is 1. The maximum atomic E-state index is 12.9. The second-order valence-electron chi connectivity index (χ2n) is 7.17. The molecule has 2 aliphatic heterocycles. The van der Waals surface area contributed by atoms with E-state index in [2.05, 4.69) is 5.32 Å². The number of esters is 1. The summed E-state index contributed by atoms with van der Waals surface area (Å²) < 4.78 is 10.7. The van der Waals surface area contributed by atoms with Gasteiger partial charge in [0.2, 0.25) is 5.91 Å². The van der Waals surface area contributed by atoms with Crippen LogP contribution >= 0.6 is 0 Å². The van der Waals surface area contributed by atoms with E-state index in [1.54, 1.807) is 24.3 Å². The van der Waals surface area contributed by atoms with Crippen molar-refractivity contribution in [2.24, 2.45) is 0 Å². The van der Waals surface area contributed by atoms with Gasteiger partial charge in [0.15, 0.2) is 0 Å². The highest BCUT2D eigenvalue weighted by molar-refractivity contribution is 6.34. The SMILES string of the molecule is CC(=O)Nc1ccc(N2C(=O)c3ccc(C(=O)OCC4CCCO4)cc3C2=O)cc1. The van der Waals surface area contributed by atoms with Crippen molar-refractivity contribution in [3.8, 4) is 0 Å². The van der Waals surface area contributed by atoms with E-state index in [4.69, 9.17) is 9.47 Å². The zero-order valence-corrected chi connectivity index (χ0v) is 16.3. The van der Waals surface area contributed by atoms with Crippen molar-refractivity contribution in [1.82, 2.24) is 0 Å². The first-order chi connectivity index (χ1) is 14.4. The summed E-state index contributed by atoms with van der Waals surface area (Å²) in [4.78, 5) is 50.2. The van der Waals surface area contributed by atoms with Crippen molar-refractivity contribution >= 4 is 35.1 Å². The average Bonchev–Trinajstić information content (AvgIpc) is 3.33. The lowest BCUT2D eigenvalue weighted by molar-refractivity contribution is -0.114. The summed E-state index contributed by atoms with van der Waals surface area (Å²) in [5, 5.41) is 2.63. The summed E-state index contributed by atoms with van der Waals surface area (Å²) in [6.45, 7) is 2.22. The number of nitrogens with one attached hydrogen (secondary N) is 1. The van der Waals surface area contributed by atoms with Gasteiger partial charge in [-0.25, -0.2) is 9.69 Å². The molecule has 4 rings (SSSR count). The number of carbonyl (C=O) groups is 4. The largest absolute Gasteiger partial charge is 0.459 e. The van der Waals surface area contributed by atoms with Crippen LogP contribution in [-0.2, 0) is 14.3 Å². The topological polar surface area (TPSA) is 102 Å². The third-order valence-corrected chi connectivity index (χ3v) is 4.99. The third-order valence-electron chi connectivity index (χ3n) is 4.99. The van der Waals surface area contributed by atoms with Gasteiger partial charge < -0.3 is 14.8 Å². The minimum atomic E-state index is -0.563. The molecule has 1 unspecified atom stereocenters. The normalized spacial score (nSPS) is 17.8. The number of nitrogens with zero attached hydrogens (tertiary/aromatic N) is 1. The first-order valence-corrected chi connectivity index (χ1v) is 9.63. The molecule has 0 saturated carbocycles. The first-order valence-electron chi connectivity index (χ1n) is 9.63. The zero-order valence-electron chi connectivity index (χ0n) is 16.3. The number of imide groups is 1. The Morgan fingerprint density at radius 3 is 2.50 bits per heavy atom. The maximum absolute atomic E-state index is 12.9. The molecule has 0 bridgehead atoms. The zero-order chi connectivity index (χ0) is 21.3. The predicted molar refractivity (Wildman–Crippen MR) is 108 cm³/mol. The molecule has 1 fully saturated rings. The highest BCUT2D eigenvalue weighted by Crippen LogP contribution is 2.30. The van der Waals surface area contributed by atoms with Gasteiger partial charge in [0.25, 0.3) is 11.8 Å². The second kappa shape index (κ2) is 8.08. The molecule has 2 aromatic rings. The van der Waals surface area contributed by atoms with Crippen LogP contribution in [0.3, 0.4) is 0 Å². The molecule has 3 amide bonds. The lowest BCUT2D eigenvalue weighted by Gasteiger charge is -2.14. The Labute approximate surface area is 172 Å². The molecule has 1 saturated heterocycles. The fourth-order valence-corrected chi connectivity index (χ4v) is 3.53. The van der Waals surface area contributed by atoms with E-state index in [0.717, 1.165) is 17.7 Å². The molecule has 0 aromatic heterocycles. The number of rotatable bonds is 5. The number of hydrogen-bond acceptors (Lipinski definition) is 6. The van der Waals surface area contributed by atoms with Crippen LogP contribution in [0.5, 0.6) is 0 Å². The lowest BCUT2D eigenvalue weighted by atomic mass is 10.1. The molecular formula is C22H20N2O6. The van der Waals surface area contributed by atoms with E-state index in [-0.39, 0.29) is 35.3 Å². The maximum Gasteiger partial charge on any atom is 0.338 e. The van der Waals surface area contributed by atoms with Crippen LogP contribution in [0.25, 0.3) is 0 Å². The van der Waals surface area contributed by atoms with Gasteiger partial charge in [-0.3, -0.25) is 14.4 Å².